The van der Waals surface area contributed by atoms with Crippen molar-refractivity contribution < 1.29 is 4.39 Å². The predicted octanol–water partition coefficient (Wildman–Crippen LogP) is 3.72. The molecule has 1 unspecified atom stereocenters. The number of hydrogen-bond donors (Lipinski definition) is 0. The molecule has 1 aliphatic carbocycles. The highest BCUT2D eigenvalue weighted by Crippen LogP contribution is 2.34. The molecule has 0 aliphatic heterocycles. The Bertz CT molecular complexity index is 692. The molecule has 100 valence electrons. The third-order valence-electron chi connectivity index (χ3n) is 3.70. The fourth-order valence-electron chi connectivity index (χ4n) is 2.50. The molecule has 1 atom stereocenters. The van der Waals surface area contributed by atoms with E-state index in [1.807, 2.05) is 6.92 Å². The van der Waals surface area contributed by atoms with Gasteiger partial charge in [0.25, 0.3) is 5.56 Å². The topological polar surface area (TPSA) is 34.9 Å². The Hall–Kier alpha value is -1.23. The number of alkyl halides is 1. The first-order valence-corrected chi connectivity index (χ1v) is 7.36. The van der Waals surface area contributed by atoms with E-state index in [9.17, 15) is 9.18 Å². The number of nitrogens with zero attached hydrogens (tertiary/aromatic N) is 2. The second-order valence-corrected chi connectivity index (χ2v) is 6.35. The summed E-state index contributed by atoms with van der Waals surface area (Å²) in [6.07, 6.45) is 3.05. The number of rotatable bonds is 2. The van der Waals surface area contributed by atoms with Crippen molar-refractivity contribution in [3.63, 3.8) is 0 Å². The second kappa shape index (κ2) is 4.71. The van der Waals surface area contributed by atoms with Crippen molar-refractivity contribution in [2.24, 2.45) is 0 Å². The molecular weight excluding hydrogens is 311 g/mol. The first-order chi connectivity index (χ1) is 9.09. The summed E-state index contributed by atoms with van der Waals surface area (Å²) in [5.41, 5.74) is 0.177. The van der Waals surface area contributed by atoms with Crippen molar-refractivity contribution in [1.82, 2.24) is 9.55 Å². The smallest absolute Gasteiger partial charge is 0.264 e. The third-order valence-corrected chi connectivity index (χ3v) is 4.11. The van der Waals surface area contributed by atoms with Gasteiger partial charge < -0.3 is 0 Å². The predicted molar refractivity (Wildman–Crippen MR) is 76.2 cm³/mol. The maximum Gasteiger partial charge on any atom is 0.264 e. The van der Waals surface area contributed by atoms with Crippen molar-refractivity contribution in [3.8, 4) is 0 Å². The highest BCUT2D eigenvalue weighted by molar-refractivity contribution is 9.09. The molecule has 1 fully saturated rings. The zero-order valence-corrected chi connectivity index (χ0v) is 12.2. The van der Waals surface area contributed by atoms with Gasteiger partial charge in [-0.15, -0.1) is 0 Å². The lowest BCUT2D eigenvalue weighted by Crippen LogP contribution is -2.33. The molecule has 2 aromatic rings. The van der Waals surface area contributed by atoms with Crippen LogP contribution in [0.25, 0.3) is 10.9 Å². The molecule has 1 aromatic heterocycles. The van der Waals surface area contributed by atoms with Crippen LogP contribution in [0.3, 0.4) is 0 Å². The molecule has 1 aliphatic rings. The Morgan fingerprint density at radius 3 is 2.79 bits per heavy atom. The summed E-state index contributed by atoms with van der Waals surface area (Å²) in [6.45, 7) is 1.93. The number of fused-ring (bicyclic) bond motifs is 1. The SMILES string of the molecule is CC(Br)c1nc2cccc(F)c2c(=O)n1C1CCC1. The molecule has 0 saturated heterocycles. The third kappa shape index (κ3) is 2.00. The number of benzene rings is 1. The summed E-state index contributed by atoms with van der Waals surface area (Å²) < 4.78 is 15.6. The molecule has 1 saturated carbocycles. The van der Waals surface area contributed by atoms with Crippen molar-refractivity contribution in [2.75, 3.05) is 0 Å². The van der Waals surface area contributed by atoms with Crippen LogP contribution in [0.4, 0.5) is 4.39 Å². The molecule has 0 N–H and O–H groups in total. The van der Waals surface area contributed by atoms with E-state index < -0.39 is 5.82 Å². The summed E-state index contributed by atoms with van der Waals surface area (Å²) in [5, 5.41) is 0.103. The Labute approximate surface area is 118 Å². The summed E-state index contributed by atoms with van der Waals surface area (Å²) in [7, 11) is 0. The van der Waals surface area contributed by atoms with Gasteiger partial charge in [0.05, 0.1) is 10.3 Å². The first kappa shape index (κ1) is 12.8. The average molecular weight is 325 g/mol. The minimum absolute atomic E-state index is 0.0338. The standard InChI is InChI=1S/C14H14BrFN2O/c1-8(15)13-17-11-7-3-6-10(16)12(11)14(19)18(13)9-4-2-5-9/h3,6-9H,2,4-5H2,1H3. The molecule has 3 nitrogen and oxygen atoms in total. The van der Waals surface area contributed by atoms with Crippen molar-refractivity contribution in [2.45, 2.75) is 37.1 Å². The van der Waals surface area contributed by atoms with E-state index in [2.05, 4.69) is 20.9 Å². The van der Waals surface area contributed by atoms with Crippen molar-refractivity contribution in [3.05, 3.63) is 40.2 Å². The van der Waals surface area contributed by atoms with Gasteiger partial charge in [-0.2, -0.15) is 0 Å². The Balaban J connectivity index is 2.37. The van der Waals surface area contributed by atoms with Gasteiger partial charge in [-0.05, 0) is 38.3 Å². The summed E-state index contributed by atoms with van der Waals surface area (Å²) >= 11 is 3.48. The zero-order valence-electron chi connectivity index (χ0n) is 10.6. The fraction of sp³-hybridized carbons (Fsp3) is 0.429. The van der Waals surface area contributed by atoms with Crippen LogP contribution in [0.1, 0.15) is 42.9 Å². The van der Waals surface area contributed by atoms with Gasteiger partial charge in [0.15, 0.2) is 0 Å². The normalized spacial score (nSPS) is 17.4. The van der Waals surface area contributed by atoms with Crippen LogP contribution in [0.5, 0.6) is 0 Å². The molecule has 3 rings (SSSR count). The van der Waals surface area contributed by atoms with E-state index in [0.29, 0.717) is 11.3 Å². The van der Waals surface area contributed by atoms with Crippen molar-refractivity contribution in [1.29, 1.82) is 0 Å². The van der Waals surface area contributed by atoms with Gasteiger partial charge in [0, 0.05) is 6.04 Å². The van der Waals surface area contributed by atoms with E-state index in [0.717, 1.165) is 19.3 Å². The lowest BCUT2D eigenvalue weighted by molar-refractivity contribution is 0.297. The maximum atomic E-state index is 13.9. The maximum absolute atomic E-state index is 13.9. The van der Waals surface area contributed by atoms with E-state index in [1.165, 1.54) is 6.07 Å². The minimum atomic E-state index is -0.489. The Kier molecular flexibility index (Phi) is 3.17. The van der Waals surface area contributed by atoms with Gasteiger partial charge in [0.1, 0.15) is 17.0 Å². The van der Waals surface area contributed by atoms with Crippen molar-refractivity contribution >= 4 is 26.8 Å². The highest BCUT2D eigenvalue weighted by Gasteiger charge is 2.26. The van der Waals surface area contributed by atoms with Crippen LogP contribution in [0, 0.1) is 5.82 Å². The quantitative estimate of drug-likeness (QED) is 0.789. The largest absolute Gasteiger partial charge is 0.292 e. The monoisotopic (exact) mass is 324 g/mol. The minimum Gasteiger partial charge on any atom is -0.292 e. The van der Waals surface area contributed by atoms with E-state index >= 15 is 0 Å². The Morgan fingerprint density at radius 1 is 1.47 bits per heavy atom. The van der Waals surface area contributed by atoms with E-state index in [4.69, 9.17) is 0 Å². The van der Waals surface area contributed by atoms with Crippen LogP contribution < -0.4 is 5.56 Å². The van der Waals surface area contributed by atoms with E-state index in [1.54, 1.807) is 16.7 Å². The second-order valence-electron chi connectivity index (χ2n) is 4.98. The zero-order chi connectivity index (χ0) is 13.6. The number of halogens is 2. The number of aromatic nitrogens is 2. The van der Waals surface area contributed by atoms with Crippen LogP contribution in [0.2, 0.25) is 0 Å². The molecular formula is C14H14BrFN2O. The fourth-order valence-corrected chi connectivity index (χ4v) is 2.82. The molecule has 1 aromatic carbocycles. The molecule has 19 heavy (non-hydrogen) atoms. The highest BCUT2D eigenvalue weighted by atomic mass is 79.9. The Morgan fingerprint density at radius 2 is 2.21 bits per heavy atom. The van der Waals surface area contributed by atoms with Gasteiger partial charge >= 0.3 is 0 Å². The van der Waals surface area contributed by atoms with Gasteiger partial charge in [-0.25, -0.2) is 9.37 Å². The molecule has 0 radical (unpaired) electrons. The molecule has 0 amide bonds. The first-order valence-electron chi connectivity index (χ1n) is 6.44. The molecule has 0 bridgehead atoms. The molecule has 5 heteroatoms. The summed E-state index contributed by atoms with van der Waals surface area (Å²) in [5.74, 6) is 0.199. The molecule has 1 heterocycles. The number of hydrogen-bond acceptors (Lipinski definition) is 2. The van der Waals surface area contributed by atoms with Crippen LogP contribution in [-0.2, 0) is 0 Å². The van der Waals surface area contributed by atoms with Gasteiger partial charge in [-0.3, -0.25) is 9.36 Å². The average Bonchev–Trinajstić information content (AvgIpc) is 2.29. The van der Waals surface area contributed by atoms with Crippen LogP contribution in [-0.4, -0.2) is 9.55 Å². The van der Waals surface area contributed by atoms with Crippen LogP contribution in [0.15, 0.2) is 23.0 Å². The summed E-state index contributed by atoms with van der Waals surface area (Å²) in [6, 6.07) is 4.75. The van der Waals surface area contributed by atoms with Gasteiger partial charge in [0.2, 0.25) is 0 Å². The lowest BCUT2D eigenvalue weighted by Gasteiger charge is -2.30. The summed E-state index contributed by atoms with van der Waals surface area (Å²) in [4.78, 5) is 17.0. The van der Waals surface area contributed by atoms with E-state index in [-0.39, 0.29) is 21.8 Å². The molecule has 0 spiro atoms. The van der Waals surface area contributed by atoms with Gasteiger partial charge in [-0.1, -0.05) is 22.0 Å². The van der Waals surface area contributed by atoms with Crippen LogP contribution >= 0.6 is 15.9 Å². The lowest BCUT2D eigenvalue weighted by atomic mass is 9.92.